The highest BCUT2D eigenvalue weighted by molar-refractivity contribution is 7.15. The van der Waals surface area contributed by atoms with Crippen molar-refractivity contribution in [3.8, 4) is 0 Å². The lowest BCUT2D eigenvalue weighted by atomic mass is 10.2. The van der Waals surface area contributed by atoms with E-state index in [4.69, 9.17) is 16.0 Å². The largest absolute Gasteiger partial charge is 0.462 e. The zero-order valence-electron chi connectivity index (χ0n) is 13.1. The Hall–Kier alpha value is -2.70. The van der Waals surface area contributed by atoms with Gasteiger partial charge < -0.3 is 4.42 Å². The molecule has 0 aliphatic carbocycles. The van der Waals surface area contributed by atoms with E-state index in [1.165, 1.54) is 15.9 Å². The molecule has 0 radical (unpaired) electrons. The van der Waals surface area contributed by atoms with E-state index >= 15 is 0 Å². The molecule has 0 amide bonds. The number of aryl methyl sites for hydroxylation is 1. The quantitative estimate of drug-likeness (QED) is 0.555. The van der Waals surface area contributed by atoms with Gasteiger partial charge in [0.2, 0.25) is 4.96 Å². The standard InChI is InChI=1S/C18H12ClN3O2S/c1-11-2-8-14(24-11)10-15-17(23)22-18(25-15)20-16(21-22)9-5-12-3-6-13(19)7-4-12/h2-10H,1H3/b9-5+,15-10-. The van der Waals surface area contributed by atoms with Gasteiger partial charge in [0.1, 0.15) is 16.1 Å². The fraction of sp³-hybridized carbons (Fsp3) is 0.0556. The second kappa shape index (κ2) is 6.31. The van der Waals surface area contributed by atoms with Crippen molar-refractivity contribution in [3.63, 3.8) is 0 Å². The number of hydrogen-bond donors (Lipinski definition) is 0. The van der Waals surface area contributed by atoms with Crippen molar-refractivity contribution in [1.29, 1.82) is 0 Å². The van der Waals surface area contributed by atoms with Crippen LogP contribution in [0.4, 0.5) is 0 Å². The van der Waals surface area contributed by atoms with Gasteiger partial charge in [-0.1, -0.05) is 41.1 Å². The lowest BCUT2D eigenvalue weighted by Crippen LogP contribution is -2.23. The van der Waals surface area contributed by atoms with Gasteiger partial charge in [0.15, 0.2) is 5.82 Å². The number of thiazole rings is 1. The van der Waals surface area contributed by atoms with Crippen molar-refractivity contribution < 1.29 is 4.42 Å². The van der Waals surface area contributed by atoms with Crippen LogP contribution >= 0.6 is 22.9 Å². The van der Waals surface area contributed by atoms with Crippen molar-refractivity contribution >= 4 is 46.1 Å². The number of fused-ring (bicyclic) bond motifs is 1. The van der Waals surface area contributed by atoms with E-state index in [9.17, 15) is 4.79 Å². The smallest absolute Gasteiger partial charge is 0.291 e. The molecule has 0 N–H and O–H groups in total. The predicted molar refractivity (Wildman–Crippen MR) is 99.7 cm³/mol. The Morgan fingerprint density at radius 3 is 2.64 bits per heavy atom. The Labute approximate surface area is 151 Å². The van der Waals surface area contributed by atoms with Gasteiger partial charge in [-0.25, -0.2) is 0 Å². The van der Waals surface area contributed by atoms with E-state index in [1.54, 1.807) is 12.2 Å². The van der Waals surface area contributed by atoms with Gasteiger partial charge in [-0.05, 0) is 42.8 Å². The molecule has 0 bridgehead atoms. The van der Waals surface area contributed by atoms with Crippen LogP contribution in [0.1, 0.15) is 22.9 Å². The Balaban J connectivity index is 1.67. The Morgan fingerprint density at radius 1 is 1.16 bits per heavy atom. The minimum absolute atomic E-state index is 0.201. The van der Waals surface area contributed by atoms with Crippen LogP contribution < -0.4 is 10.1 Å². The Morgan fingerprint density at radius 2 is 1.96 bits per heavy atom. The van der Waals surface area contributed by atoms with E-state index in [0.29, 0.717) is 26.1 Å². The van der Waals surface area contributed by atoms with Crippen LogP contribution in [0.3, 0.4) is 0 Å². The van der Waals surface area contributed by atoms with Gasteiger partial charge in [0.25, 0.3) is 5.56 Å². The highest BCUT2D eigenvalue weighted by Crippen LogP contribution is 2.12. The summed E-state index contributed by atoms with van der Waals surface area (Å²) in [5.41, 5.74) is 0.778. The van der Waals surface area contributed by atoms with Crippen molar-refractivity contribution in [1.82, 2.24) is 14.6 Å². The van der Waals surface area contributed by atoms with Gasteiger partial charge in [-0.2, -0.15) is 9.50 Å². The number of halogens is 1. The van der Waals surface area contributed by atoms with E-state index < -0.39 is 0 Å². The van der Waals surface area contributed by atoms with Crippen molar-refractivity contribution in [2.75, 3.05) is 0 Å². The van der Waals surface area contributed by atoms with Crippen LogP contribution in [-0.2, 0) is 0 Å². The van der Waals surface area contributed by atoms with Gasteiger partial charge in [-0.15, -0.1) is 5.10 Å². The summed E-state index contributed by atoms with van der Waals surface area (Å²) < 4.78 is 7.33. The first-order valence-corrected chi connectivity index (χ1v) is 8.69. The zero-order valence-corrected chi connectivity index (χ0v) is 14.7. The van der Waals surface area contributed by atoms with Crippen LogP contribution in [0.25, 0.3) is 23.2 Å². The third-order valence-electron chi connectivity index (χ3n) is 3.53. The number of rotatable bonds is 3. The molecule has 0 saturated carbocycles. The molecule has 0 atom stereocenters. The molecule has 5 nitrogen and oxygen atoms in total. The summed E-state index contributed by atoms with van der Waals surface area (Å²) in [7, 11) is 0. The SMILES string of the molecule is Cc1ccc(/C=c2\sc3nc(/C=C/c4ccc(Cl)cc4)nn3c2=O)o1. The number of nitrogens with zero attached hydrogens (tertiary/aromatic N) is 3. The average Bonchev–Trinajstić information content (AvgIpc) is 3.25. The third-order valence-corrected chi connectivity index (χ3v) is 4.74. The van der Waals surface area contributed by atoms with Gasteiger partial charge in [0, 0.05) is 11.1 Å². The predicted octanol–water partition coefficient (Wildman–Crippen LogP) is 3.42. The molecule has 0 aliphatic heterocycles. The lowest BCUT2D eigenvalue weighted by molar-refractivity contribution is 0.525. The first-order valence-electron chi connectivity index (χ1n) is 7.50. The zero-order chi connectivity index (χ0) is 17.4. The second-order valence-corrected chi connectivity index (χ2v) is 6.86. The van der Waals surface area contributed by atoms with Crippen LogP contribution in [0, 0.1) is 6.92 Å². The fourth-order valence-electron chi connectivity index (χ4n) is 2.32. The van der Waals surface area contributed by atoms with Crippen LogP contribution in [0.5, 0.6) is 0 Å². The highest BCUT2D eigenvalue weighted by Gasteiger charge is 2.09. The maximum Gasteiger partial charge on any atom is 0.291 e. The maximum atomic E-state index is 12.4. The second-order valence-electron chi connectivity index (χ2n) is 5.41. The summed E-state index contributed by atoms with van der Waals surface area (Å²) in [6.45, 7) is 1.86. The summed E-state index contributed by atoms with van der Waals surface area (Å²) in [5.74, 6) is 1.92. The summed E-state index contributed by atoms with van der Waals surface area (Å²) >= 11 is 7.15. The first-order chi connectivity index (χ1) is 12.1. The van der Waals surface area contributed by atoms with Crippen molar-refractivity contribution in [2.24, 2.45) is 0 Å². The molecule has 124 valence electrons. The van der Waals surface area contributed by atoms with Gasteiger partial charge in [-0.3, -0.25) is 4.79 Å². The van der Waals surface area contributed by atoms with Crippen LogP contribution in [0.2, 0.25) is 5.02 Å². The first kappa shape index (κ1) is 15.8. The maximum absolute atomic E-state index is 12.4. The summed E-state index contributed by atoms with van der Waals surface area (Å²) in [6, 6.07) is 11.1. The number of benzene rings is 1. The monoisotopic (exact) mass is 369 g/mol. The molecule has 25 heavy (non-hydrogen) atoms. The molecule has 3 aromatic heterocycles. The molecular formula is C18H12ClN3O2S. The van der Waals surface area contributed by atoms with E-state index in [2.05, 4.69) is 10.1 Å². The van der Waals surface area contributed by atoms with Crippen LogP contribution in [-0.4, -0.2) is 14.6 Å². The molecule has 0 fully saturated rings. The number of hydrogen-bond acceptors (Lipinski definition) is 5. The molecule has 1 aromatic carbocycles. The number of aromatic nitrogens is 3. The Kier molecular flexibility index (Phi) is 3.99. The van der Waals surface area contributed by atoms with Crippen molar-refractivity contribution in [2.45, 2.75) is 6.92 Å². The summed E-state index contributed by atoms with van der Waals surface area (Å²) in [6.07, 6.45) is 5.35. The molecule has 0 aliphatic rings. The molecule has 0 spiro atoms. The summed E-state index contributed by atoms with van der Waals surface area (Å²) in [4.78, 5) is 17.4. The molecule has 0 saturated heterocycles. The average molecular weight is 370 g/mol. The summed E-state index contributed by atoms with van der Waals surface area (Å²) in [5, 5.41) is 4.94. The third kappa shape index (κ3) is 3.26. The van der Waals surface area contributed by atoms with E-state index in [0.717, 1.165) is 11.3 Å². The Bertz CT molecular complexity index is 1190. The molecule has 7 heteroatoms. The van der Waals surface area contributed by atoms with Gasteiger partial charge >= 0.3 is 0 Å². The lowest BCUT2D eigenvalue weighted by Gasteiger charge is -1.91. The number of furan rings is 1. The van der Waals surface area contributed by atoms with Crippen molar-refractivity contribution in [3.05, 3.63) is 79.2 Å². The highest BCUT2D eigenvalue weighted by atomic mass is 35.5. The fourth-order valence-corrected chi connectivity index (χ4v) is 3.35. The molecule has 0 unspecified atom stereocenters. The minimum Gasteiger partial charge on any atom is -0.462 e. The minimum atomic E-state index is -0.201. The topological polar surface area (TPSA) is 60.4 Å². The van der Waals surface area contributed by atoms with E-state index in [-0.39, 0.29) is 5.56 Å². The molecule has 4 rings (SSSR count). The molecular weight excluding hydrogens is 358 g/mol. The van der Waals surface area contributed by atoms with Crippen LogP contribution in [0.15, 0.2) is 45.6 Å². The normalized spacial score (nSPS) is 12.6. The molecule has 3 heterocycles. The van der Waals surface area contributed by atoms with Gasteiger partial charge in [0.05, 0.1) is 0 Å². The van der Waals surface area contributed by atoms with E-state index in [1.807, 2.05) is 49.4 Å². The molecule has 4 aromatic rings.